The molecule has 1 N–H and O–H groups in total. The lowest BCUT2D eigenvalue weighted by molar-refractivity contribution is 0.724. The summed E-state index contributed by atoms with van der Waals surface area (Å²) in [6, 6.07) is 1.81. The second-order valence-corrected chi connectivity index (χ2v) is 3.68. The van der Waals surface area contributed by atoms with Gasteiger partial charge in [-0.15, -0.1) is 12.4 Å². The maximum atomic E-state index is 5.81. The third kappa shape index (κ3) is 3.48. The van der Waals surface area contributed by atoms with Gasteiger partial charge in [0.2, 0.25) is 0 Å². The Labute approximate surface area is 100 Å². The van der Waals surface area contributed by atoms with Crippen LogP contribution in [0.5, 0.6) is 0 Å². The minimum absolute atomic E-state index is 0. The molecule has 1 aromatic rings. The molecule has 1 fully saturated rings. The Bertz CT molecular complexity index is 300. The standard InChI is InChI=1S/C9H13ClN4.ClH/c10-8-6-9(13-7-12-8)14-4-1-2-11-3-5-14;/h6-7,11H,1-5H2;1H. The van der Waals surface area contributed by atoms with Crippen LogP contribution in [0.15, 0.2) is 12.4 Å². The number of halogens is 2. The third-order valence-electron chi connectivity index (χ3n) is 2.28. The van der Waals surface area contributed by atoms with E-state index in [0.717, 1.165) is 38.4 Å². The Hall–Kier alpha value is -0.580. The monoisotopic (exact) mass is 248 g/mol. The lowest BCUT2D eigenvalue weighted by Gasteiger charge is -2.20. The van der Waals surface area contributed by atoms with Gasteiger partial charge in [-0.25, -0.2) is 9.97 Å². The molecule has 1 aliphatic rings. The van der Waals surface area contributed by atoms with E-state index < -0.39 is 0 Å². The molecule has 0 radical (unpaired) electrons. The first kappa shape index (κ1) is 12.5. The molecule has 2 heterocycles. The first-order valence-corrected chi connectivity index (χ1v) is 5.17. The van der Waals surface area contributed by atoms with E-state index in [1.807, 2.05) is 6.07 Å². The van der Waals surface area contributed by atoms with Crippen molar-refractivity contribution in [1.29, 1.82) is 0 Å². The number of rotatable bonds is 1. The lowest BCUT2D eigenvalue weighted by Crippen LogP contribution is -2.28. The molecule has 1 aromatic heterocycles. The van der Waals surface area contributed by atoms with E-state index in [0.29, 0.717) is 5.15 Å². The Balaban J connectivity index is 0.00000112. The second kappa shape index (κ2) is 6.10. The average molecular weight is 249 g/mol. The van der Waals surface area contributed by atoms with Gasteiger partial charge in [0.1, 0.15) is 17.3 Å². The van der Waals surface area contributed by atoms with Crippen molar-refractivity contribution in [2.75, 3.05) is 31.1 Å². The van der Waals surface area contributed by atoms with Crippen LogP contribution in [0, 0.1) is 0 Å². The molecule has 84 valence electrons. The first-order valence-electron chi connectivity index (χ1n) is 4.79. The largest absolute Gasteiger partial charge is 0.355 e. The van der Waals surface area contributed by atoms with Crippen LogP contribution in [0.25, 0.3) is 0 Å². The zero-order chi connectivity index (χ0) is 9.80. The highest BCUT2D eigenvalue weighted by molar-refractivity contribution is 6.29. The fourth-order valence-corrected chi connectivity index (χ4v) is 1.71. The summed E-state index contributed by atoms with van der Waals surface area (Å²) < 4.78 is 0. The number of nitrogens with zero attached hydrogens (tertiary/aromatic N) is 3. The predicted molar refractivity (Wildman–Crippen MR) is 64.0 cm³/mol. The van der Waals surface area contributed by atoms with E-state index in [1.165, 1.54) is 6.33 Å². The van der Waals surface area contributed by atoms with E-state index in [9.17, 15) is 0 Å². The van der Waals surface area contributed by atoms with Crippen LogP contribution in [-0.4, -0.2) is 36.1 Å². The number of anilines is 1. The molecular weight excluding hydrogens is 235 g/mol. The minimum Gasteiger partial charge on any atom is -0.355 e. The molecule has 4 nitrogen and oxygen atoms in total. The summed E-state index contributed by atoms with van der Waals surface area (Å²) in [5, 5.41) is 3.85. The zero-order valence-electron chi connectivity index (χ0n) is 8.32. The number of nitrogens with one attached hydrogen (secondary N) is 1. The molecule has 6 heteroatoms. The summed E-state index contributed by atoms with van der Waals surface area (Å²) in [4.78, 5) is 10.3. The molecule has 0 saturated carbocycles. The second-order valence-electron chi connectivity index (χ2n) is 3.29. The summed E-state index contributed by atoms with van der Waals surface area (Å²) in [6.07, 6.45) is 2.65. The Morgan fingerprint density at radius 3 is 2.93 bits per heavy atom. The van der Waals surface area contributed by atoms with Crippen molar-refractivity contribution in [3.63, 3.8) is 0 Å². The quantitative estimate of drug-likeness (QED) is 0.763. The smallest absolute Gasteiger partial charge is 0.134 e. The molecule has 15 heavy (non-hydrogen) atoms. The molecule has 2 rings (SSSR count). The van der Waals surface area contributed by atoms with Gasteiger partial charge in [-0.1, -0.05) is 11.6 Å². The normalized spacial score (nSPS) is 16.7. The molecule has 0 unspecified atom stereocenters. The molecule has 1 aliphatic heterocycles. The fraction of sp³-hybridized carbons (Fsp3) is 0.556. The molecule has 0 spiro atoms. The maximum Gasteiger partial charge on any atom is 0.134 e. The van der Waals surface area contributed by atoms with Gasteiger partial charge in [-0.2, -0.15) is 0 Å². The van der Waals surface area contributed by atoms with Crippen LogP contribution >= 0.6 is 24.0 Å². The van der Waals surface area contributed by atoms with Gasteiger partial charge < -0.3 is 10.2 Å². The molecule has 0 amide bonds. The highest BCUT2D eigenvalue weighted by Gasteiger charge is 2.10. The van der Waals surface area contributed by atoms with E-state index in [-0.39, 0.29) is 12.4 Å². The summed E-state index contributed by atoms with van der Waals surface area (Å²) in [7, 11) is 0. The van der Waals surface area contributed by atoms with E-state index >= 15 is 0 Å². The van der Waals surface area contributed by atoms with Crippen molar-refractivity contribution in [2.45, 2.75) is 6.42 Å². The number of hydrogen-bond donors (Lipinski definition) is 1. The highest BCUT2D eigenvalue weighted by atomic mass is 35.5. The van der Waals surface area contributed by atoms with E-state index in [1.54, 1.807) is 0 Å². The molecular formula is C9H14Cl2N4. The lowest BCUT2D eigenvalue weighted by atomic mass is 10.4. The Kier molecular flexibility index (Phi) is 5.08. The summed E-state index contributed by atoms with van der Waals surface area (Å²) in [5.41, 5.74) is 0. The molecule has 0 aliphatic carbocycles. The van der Waals surface area contributed by atoms with Gasteiger partial charge in [0.15, 0.2) is 0 Å². The van der Waals surface area contributed by atoms with Gasteiger partial charge in [0.05, 0.1) is 0 Å². The molecule has 0 bridgehead atoms. The minimum atomic E-state index is 0. The predicted octanol–water partition coefficient (Wildman–Crippen LogP) is 1.35. The molecule has 0 atom stereocenters. The number of aromatic nitrogens is 2. The zero-order valence-corrected chi connectivity index (χ0v) is 9.89. The fourth-order valence-electron chi connectivity index (χ4n) is 1.57. The Morgan fingerprint density at radius 1 is 1.27 bits per heavy atom. The average Bonchev–Trinajstić information content (AvgIpc) is 2.45. The van der Waals surface area contributed by atoms with Crippen LogP contribution in [0.4, 0.5) is 5.82 Å². The van der Waals surface area contributed by atoms with Gasteiger partial charge in [-0.05, 0) is 13.0 Å². The first-order chi connectivity index (χ1) is 6.86. The summed E-state index contributed by atoms with van der Waals surface area (Å²) in [5.74, 6) is 0.925. The van der Waals surface area contributed by atoms with Crippen LogP contribution in [0.2, 0.25) is 5.15 Å². The van der Waals surface area contributed by atoms with Crippen molar-refractivity contribution in [3.8, 4) is 0 Å². The molecule has 1 saturated heterocycles. The van der Waals surface area contributed by atoms with Gasteiger partial charge in [0, 0.05) is 25.7 Å². The van der Waals surface area contributed by atoms with Crippen molar-refractivity contribution >= 4 is 29.8 Å². The van der Waals surface area contributed by atoms with Crippen LogP contribution in [0.1, 0.15) is 6.42 Å². The number of hydrogen-bond acceptors (Lipinski definition) is 4. The summed E-state index contributed by atoms with van der Waals surface area (Å²) in [6.45, 7) is 4.09. The third-order valence-corrected chi connectivity index (χ3v) is 2.49. The van der Waals surface area contributed by atoms with Crippen LogP contribution < -0.4 is 10.2 Å². The molecule has 0 aromatic carbocycles. The van der Waals surface area contributed by atoms with E-state index in [4.69, 9.17) is 11.6 Å². The summed E-state index contributed by atoms with van der Waals surface area (Å²) >= 11 is 5.81. The Morgan fingerprint density at radius 2 is 2.13 bits per heavy atom. The van der Waals surface area contributed by atoms with Gasteiger partial charge >= 0.3 is 0 Å². The SMILES string of the molecule is Cl.Clc1cc(N2CCCNCC2)ncn1. The topological polar surface area (TPSA) is 41.0 Å². The van der Waals surface area contributed by atoms with Crippen molar-refractivity contribution in [2.24, 2.45) is 0 Å². The van der Waals surface area contributed by atoms with Crippen molar-refractivity contribution in [3.05, 3.63) is 17.5 Å². The van der Waals surface area contributed by atoms with Crippen LogP contribution in [-0.2, 0) is 0 Å². The van der Waals surface area contributed by atoms with Crippen molar-refractivity contribution < 1.29 is 0 Å². The highest BCUT2D eigenvalue weighted by Crippen LogP contribution is 2.14. The van der Waals surface area contributed by atoms with E-state index in [2.05, 4.69) is 20.2 Å². The van der Waals surface area contributed by atoms with Gasteiger partial charge in [0.25, 0.3) is 0 Å². The van der Waals surface area contributed by atoms with Crippen molar-refractivity contribution in [1.82, 2.24) is 15.3 Å². The van der Waals surface area contributed by atoms with Crippen LogP contribution in [0.3, 0.4) is 0 Å². The maximum absolute atomic E-state index is 5.81. The van der Waals surface area contributed by atoms with Gasteiger partial charge in [-0.3, -0.25) is 0 Å².